The average molecular weight is 519 g/mol. The first-order chi connectivity index (χ1) is 18.1. The second-order valence-corrected chi connectivity index (χ2v) is 10.5. The lowest BCUT2D eigenvalue weighted by Gasteiger charge is -2.25. The largest absolute Gasteiger partial charge is 0.361 e. The fraction of sp³-hybridized carbons (Fsp3) is 0.400. The topological polar surface area (TPSA) is 120 Å². The number of benzene rings is 2. The number of nitrogens with one attached hydrogen (secondary N) is 4. The monoisotopic (exact) mass is 518 g/mol. The molecule has 0 bridgehead atoms. The van der Waals surface area contributed by atoms with Gasteiger partial charge in [-0.25, -0.2) is 0 Å². The zero-order chi connectivity index (χ0) is 27.7. The first-order valence-electron chi connectivity index (χ1n) is 13.1. The average Bonchev–Trinajstić information content (AvgIpc) is 3.29. The first kappa shape index (κ1) is 28.6. The van der Waals surface area contributed by atoms with Crippen molar-refractivity contribution in [2.75, 3.05) is 0 Å². The molecule has 202 valence electrons. The number of H-pyrrole nitrogens is 1. The van der Waals surface area contributed by atoms with Crippen LogP contribution in [0.4, 0.5) is 0 Å². The Bertz CT molecular complexity index is 1250. The molecule has 1 heterocycles. The van der Waals surface area contributed by atoms with E-state index in [-0.39, 0.29) is 24.2 Å². The molecular weight excluding hydrogens is 480 g/mol. The molecule has 0 saturated carbocycles. The minimum Gasteiger partial charge on any atom is -0.361 e. The van der Waals surface area contributed by atoms with E-state index in [1.54, 1.807) is 6.20 Å². The van der Waals surface area contributed by atoms with Crippen molar-refractivity contribution in [3.05, 3.63) is 71.9 Å². The number of amides is 3. The van der Waals surface area contributed by atoms with E-state index in [4.69, 9.17) is 0 Å². The zero-order valence-electron chi connectivity index (χ0n) is 22.5. The number of Topliss-reactive ketones (excluding diaryl/α,β-unsaturated/α-hetero) is 1. The Balaban J connectivity index is 1.65. The number of rotatable bonds is 13. The fourth-order valence-corrected chi connectivity index (χ4v) is 4.36. The lowest BCUT2D eigenvalue weighted by molar-refractivity contribution is -0.139. The quantitative estimate of drug-likeness (QED) is 0.258. The lowest BCUT2D eigenvalue weighted by atomic mass is 9.99. The third-order valence-corrected chi connectivity index (χ3v) is 6.26. The first-order valence-corrected chi connectivity index (χ1v) is 13.1. The summed E-state index contributed by atoms with van der Waals surface area (Å²) in [5.41, 5.74) is 2.56. The van der Waals surface area contributed by atoms with Gasteiger partial charge in [-0.2, -0.15) is 0 Å². The Kier molecular flexibility index (Phi) is 10.2. The van der Waals surface area contributed by atoms with Gasteiger partial charge in [0, 0.05) is 30.1 Å². The molecule has 8 nitrogen and oxygen atoms in total. The van der Waals surface area contributed by atoms with Crippen molar-refractivity contribution in [2.45, 2.75) is 65.6 Å². The molecule has 0 aliphatic heterocycles. The van der Waals surface area contributed by atoms with Gasteiger partial charge in [-0.15, -0.1) is 0 Å². The maximum Gasteiger partial charge on any atom is 0.288 e. The summed E-state index contributed by atoms with van der Waals surface area (Å²) in [5, 5.41) is 9.21. The standard InChI is InChI=1S/C30H38N4O4/c1-19(2)14-25(28(36)32-17-21-10-6-5-7-11-21)33-29(37)26(15-20(3)4)34-30(38)27(35)16-22-18-31-24-13-9-8-12-23(22)24/h5-13,18-20,25-26,31H,14-17H2,1-4H3,(H,32,36)(H,33,37)(H,34,38)/t25-,26-/m0/s1. The molecule has 3 rings (SSSR count). The van der Waals surface area contributed by atoms with Gasteiger partial charge in [-0.05, 0) is 41.9 Å². The Morgan fingerprint density at radius 2 is 1.37 bits per heavy atom. The van der Waals surface area contributed by atoms with Crippen LogP contribution < -0.4 is 16.0 Å². The van der Waals surface area contributed by atoms with Crippen LogP contribution in [0.3, 0.4) is 0 Å². The van der Waals surface area contributed by atoms with E-state index in [1.807, 2.05) is 82.3 Å². The molecule has 1 aromatic heterocycles. The van der Waals surface area contributed by atoms with Crippen LogP contribution in [0, 0.1) is 11.8 Å². The highest BCUT2D eigenvalue weighted by molar-refractivity contribution is 6.37. The van der Waals surface area contributed by atoms with Crippen molar-refractivity contribution >= 4 is 34.4 Å². The summed E-state index contributed by atoms with van der Waals surface area (Å²) in [6.45, 7) is 8.15. The molecule has 2 aromatic carbocycles. The number of hydrogen-bond acceptors (Lipinski definition) is 4. The Morgan fingerprint density at radius 3 is 2.03 bits per heavy atom. The lowest BCUT2D eigenvalue weighted by Crippen LogP contribution is -2.55. The van der Waals surface area contributed by atoms with Crippen molar-refractivity contribution in [3.63, 3.8) is 0 Å². The van der Waals surface area contributed by atoms with Crippen molar-refractivity contribution in [1.29, 1.82) is 0 Å². The van der Waals surface area contributed by atoms with Crippen LogP contribution in [0.5, 0.6) is 0 Å². The molecule has 0 unspecified atom stereocenters. The molecule has 38 heavy (non-hydrogen) atoms. The summed E-state index contributed by atoms with van der Waals surface area (Å²) in [6.07, 6.45) is 2.41. The zero-order valence-corrected chi connectivity index (χ0v) is 22.5. The third-order valence-electron chi connectivity index (χ3n) is 6.26. The summed E-state index contributed by atoms with van der Waals surface area (Å²) in [6, 6.07) is 15.4. The van der Waals surface area contributed by atoms with Crippen LogP contribution in [0.2, 0.25) is 0 Å². The van der Waals surface area contributed by atoms with E-state index >= 15 is 0 Å². The van der Waals surface area contributed by atoms with Gasteiger partial charge in [-0.1, -0.05) is 76.2 Å². The summed E-state index contributed by atoms with van der Waals surface area (Å²) in [5.74, 6) is -1.99. The van der Waals surface area contributed by atoms with Gasteiger partial charge in [0.05, 0.1) is 0 Å². The van der Waals surface area contributed by atoms with Gasteiger partial charge in [0.25, 0.3) is 5.91 Å². The smallest absolute Gasteiger partial charge is 0.288 e. The van der Waals surface area contributed by atoms with E-state index in [2.05, 4.69) is 20.9 Å². The van der Waals surface area contributed by atoms with Crippen LogP contribution in [-0.4, -0.2) is 40.6 Å². The normalized spacial score (nSPS) is 12.8. The SMILES string of the molecule is CC(C)C[C@H](NC(=O)C(=O)Cc1c[nH]c2ccccc12)C(=O)N[C@@H](CC(C)C)C(=O)NCc1ccccc1. The molecule has 0 saturated heterocycles. The predicted molar refractivity (Wildman–Crippen MR) is 148 cm³/mol. The molecule has 3 aromatic rings. The number of para-hydroxylation sites is 1. The number of aromatic nitrogens is 1. The molecule has 4 N–H and O–H groups in total. The number of ketones is 1. The number of hydrogen-bond donors (Lipinski definition) is 4. The molecule has 8 heteroatoms. The molecule has 0 aliphatic rings. The Labute approximate surface area is 224 Å². The summed E-state index contributed by atoms with van der Waals surface area (Å²) in [7, 11) is 0. The van der Waals surface area contributed by atoms with Crippen LogP contribution in [0.1, 0.15) is 51.7 Å². The van der Waals surface area contributed by atoms with Gasteiger partial charge in [0.2, 0.25) is 17.6 Å². The summed E-state index contributed by atoms with van der Waals surface area (Å²) < 4.78 is 0. The second kappa shape index (κ2) is 13.6. The fourth-order valence-electron chi connectivity index (χ4n) is 4.36. The number of fused-ring (bicyclic) bond motifs is 1. The molecule has 2 atom stereocenters. The Morgan fingerprint density at radius 1 is 0.763 bits per heavy atom. The van der Waals surface area contributed by atoms with Crippen molar-refractivity contribution in [3.8, 4) is 0 Å². The summed E-state index contributed by atoms with van der Waals surface area (Å²) >= 11 is 0. The van der Waals surface area contributed by atoms with Gasteiger partial charge in [0.15, 0.2) is 0 Å². The number of carbonyl (C=O) groups is 4. The van der Waals surface area contributed by atoms with Crippen LogP contribution in [0.15, 0.2) is 60.8 Å². The van der Waals surface area contributed by atoms with Crippen molar-refractivity contribution < 1.29 is 19.2 Å². The minimum atomic E-state index is -0.939. The van der Waals surface area contributed by atoms with E-state index in [0.29, 0.717) is 19.4 Å². The molecule has 0 spiro atoms. The van der Waals surface area contributed by atoms with E-state index in [1.165, 1.54) is 0 Å². The van der Waals surface area contributed by atoms with Crippen LogP contribution >= 0.6 is 0 Å². The third kappa shape index (κ3) is 8.30. The van der Waals surface area contributed by atoms with E-state index < -0.39 is 29.7 Å². The van der Waals surface area contributed by atoms with Gasteiger partial charge in [0.1, 0.15) is 12.1 Å². The van der Waals surface area contributed by atoms with Crippen LogP contribution in [0.25, 0.3) is 10.9 Å². The maximum absolute atomic E-state index is 13.3. The maximum atomic E-state index is 13.3. The van der Waals surface area contributed by atoms with Crippen molar-refractivity contribution in [2.24, 2.45) is 11.8 Å². The molecule has 3 amide bonds. The molecular formula is C30H38N4O4. The Hall–Kier alpha value is -3.94. The summed E-state index contributed by atoms with van der Waals surface area (Å²) in [4.78, 5) is 55.0. The van der Waals surface area contributed by atoms with Gasteiger partial charge >= 0.3 is 0 Å². The second-order valence-electron chi connectivity index (χ2n) is 10.5. The molecule has 0 radical (unpaired) electrons. The molecule has 0 aliphatic carbocycles. The van der Waals surface area contributed by atoms with Gasteiger partial charge < -0.3 is 20.9 Å². The highest BCUT2D eigenvalue weighted by Crippen LogP contribution is 2.18. The highest BCUT2D eigenvalue weighted by Gasteiger charge is 2.29. The van der Waals surface area contributed by atoms with E-state index in [9.17, 15) is 19.2 Å². The number of aromatic amines is 1. The van der Waals surface area contributed by atoms with Gasteiger partial charge in [-0.3, -0.25) is 19.2 Å². The molecule has 0 fully saturated rings. The minimum absolute atomic E-state index is 0.0743. The highest BCUT2D eigenvalue weighted by atomic mass is 16.2. The predicted octanol–water partition coefficient (Wildman–Crippen LogP) is 3.66. The van der Waals surface area contributed by atoms with E-state index in [0.717, 1.165) is 22.0 Å². The number of carbonyl (C=O) groups excluding carboxylic acids is 4. The van der Waals surface area contributed by atoms with Crippen molar-refractivity contribution in [1.82, 2.24) is 20.9 Å². The van der Waals surface area contributed by atoms with Crippen LogP contribution in [-0.2, 0) is 32.1 Å².